The third kappa shape index (κ3) is 3.45. The normalized spacial score (nSPS) is 32.5. The molecule has 0 radical (unpaired) electrons. The molecular weight excluding hydrogens is 210 g/mol. The summed E-state index contributed by atoms with van der Waals surface area (Å²) >= 11 is 0. The summed E-state index contributed by atoms with van der Waals surface area (Å²) in [4.78, 5) is 0. The first-order valence-electron chi connectivity index (χ1n) is 7.05. The summed E-state index contributed by atoms with van der Waals surface area (Å²) in [6.07, 6.45) is 5.20. The Morgan fingerprint density at radius 2 is 1.82 bits per heavy atom. The van der Waals surface area contributed by atoms with Gasteiger partial charge in [0.05, 0.1) is 0 Å². The molecule has 0 bridgehead atoms. The molecule has 1 aliphatic rings. The molecule has 0 heterocycles. The number of hydrogen-bond acceptors (Lipinski definition) is 2. The lowest BCUT2D eigenvalue weighted by molar-refractivity contribution is 0.0152. The molecule has 1 fully saturated rings. The van der Waals surface area contributed by atoms with Gasteiger partial charge in [0.2, 0.25) is 0 Å². The molecule has 102 valence electrons. The molecule has 0 amide bonds. The number of methoxy groups -OCH3 is 1. The third-order valence-electron chi connectivity index (χ3n) is 5.07. The van der Waals surface area contributed by atoms with Crippen molar-refractivity contribution in [2.24, 2.45) is 28.4 Å². The van der Waals surface area contributed by atoms with E-state index >= 15 is 0 Å². The molecule has 1 rings (SSSR count). The van der Waals surface area contributed by atoms with Crippen molar-refractivity contribution in [2.45, 2.75) is 53.4 Å². The predicted octanol–water partition coefficient (Wildman–Crippen LogP) is 3.45. The molecule has 2 N–H and O–H groups in total. The van der Waals surface area contributed by atoms with Crippen LogP contribution in [-0.2, 0) is 4.74 Å². The average molecular weight is 241 g/mol. The van der Waals surface area contributed by atoms with E-state index in [0.29, 0.717) is 16.7 Å². The Morgan fingerprint density at radius 1 is 1.29 bits per heavy atom. The minimum atomic E-state index is 0.331. The SMILES string of the molecule is COCC(C)C1(CN)CCC(C(C)(C)C)CC1. The van der Waals surface area contributed by atoms with E-state index in [-0.39, 0.29) is 0 Å². The maximum Gasteiger partial charge on any atom is 0.0493 e. The minimum Gasteiger partial charge on any atom is -0.384 e. The number of ether oxygens (including phenoxy) is 1. The molecule has 0 aliphatic heterocycles. The quantitative estimate of drug-likeness (QED) is 0.818. The van der Waals surface area contributed by atoms with Crippen LogP contribution in [0.1, 0.15) is 53.4 Å². The van der Waals surface area contributed by atoms with Crippen LogP contribution in [0.3, 0.4) is 0 Å². The summed E-state index contributed by atoms with van der Waals surface area (Å²) in [6, 6.07) is 0. The fourth-order valence-electron chi connectivity index (χ4n) is 3.38. The molecule has 0 aromatic carbocycles. The molecular formula is C15H31NO. The highest BCUT2D eigenvalue weighted by Crippen LogP contribution is 2.48. The van der Waals surface area contributed by atoms with Gasteiger partial charge in [0.1, 0.15) is 0 Å². The highest BCUT2D eigenvalue weighted by Gasteiger charge is 2.41. The highest BCUT2D eigenvalue weighted by molar-refractivity contribution is 4.92. The predicted molar refractivity (Wildman–Crippen MR) is 73.9 cm³/mol. The van der Waals surface area contributed by atoms with Crippen molar-refractivity contribution in [3.63, 3.8) is 0 Å². The van der Waals surface area contributed by atoms with Crippen LogP contribution in [0.25, 0.3) is 0 Å². The maximum atomic E-state index is 6.07. The summed E-state index contributed by atoms with van der Waals surface area (Å²) in [5, 5.41) is 0. The molecule has 1 unspecified atom stereocenters. The first kappa shape index (κ1) is 15.0. The van der Waals surface area contributed by atoms with Crippen LogP contribution in [0, 0.1) is 22.7 Å². The van der Waals surface area contributed by atoms with Crippen LogP contribution in [0.5, 0.6) is 0 Å². The van der Waals surface area contributed by atoms with Gasteiger partial charge in [-0.1, -0.05) is 27.7 Å². The van der Waals surface area contributed by atoms with Crippen molar-refractivity contribution >= 4 is 0 Å². The average Bonchev–Trinajstić information content (AvgIpc) is 2.28. The zero-order valence-corrected chi connectivity index (χ0v) is 12.4. The van der Waals surface area contributed by atoms with Crippen molar-refractivity contribution in [3.8, 4) is 0 Å². The lowest BCUT2D eigenvalue weighted by Crippen LogP contribution is -2.43. The molecule has 2 heteroatoms. The van der Waals surface area contributed by atoms with Gasteiger partial charge < -0.3 is 10.5 Å². The fourth-order valence-corrected chi connectivity index (χ4v) is 3.38. The Bertz CT molecular complexity index is 224. The van der Waals surface area contributed by atoms with Gasteiger partial charge in [0, 0.05) is 13.7 Å². The topological polar surface area (TPSA) is 35.2 Å². The van der Waals surface area contributed by atoms with Crippen LogP contribution in [0.15, 0.2) is 0 Å². The van der Waals surface area contributed by atoms with Crippen molar-refractivity contribution in [2.75, 3.05) is 20.3 Å². The van der Waals surface area contributed by atoms with E-state index in [4.69, 9.17) is 10.5 Å². The highest BCUT2D eigenvalue weighted by atomic mass is 16.5. The van der Waals surface area contributed by atoms with E-state index in [1.54, 1.807) is 7.11 Å². The standard InChI is InChI=1S/C15H31NO/c1-12(10-17-5)15(11-16)8-6-13(7-9-15)14(2,3)4/h12-13H,6-11,16H2,1-5H3. The Balaban J connectivity index is 2.63. The van der Waals surface area contributed by atoms with Crippen LogP contribution in [-0.4, -0.2) is 20.3 Å². The Kier molecular flexibility index (Phi) is 5.03. The summed E-state index contributed by atoms with van der Waals surface area (Å²) in [7, 11) is 1.79. The zero-order valence-electron chi connectivity index (χ0n) is 12.4. The smallest absolute Gasteiger partial charge is 0.0493 e. The molecule has 1 saturated carbocycles. The van der Waals surface area contributed by atoms with Gasteiger partial charge in [-0.05, 0) is 54.9 Å². The Morgan fingerprint density at radius 3 is 2.18 bits per heavy atom. The van der Waals surface area contributed by atoms with E-state index in [2.05, 4.69) is 27.7 Å². The van der Waals surface area contributed by atoms with Gasteiger partial charge in [-0.2, -0.15) is 0 Å². The second kappa shape index (κ2) is 5.71. The summed E-state index contributed by atoms with van der Waals surface area (Å²) < 4.78 is 5.32. The molecule has 17 heavy (non-hydrogen) atoms. The van der Waals surface area contributed by atoms with Crippen molar-refractivity contribution in [3.05, 3.63) is 0 Å². The lowest BCUT2D eigenvalue weighted by atomic mass is 9.60. The maximum absolute atomic E-state index is 6.07. The molecule has 0 aromatic rings. The largest absolute Gasteiger partial charge is 0.384 e. The monoisotopic (exact) mass is 241 g/mol. The van der Waals surface area contributed by atoms with Crippen LogP contribution < -0.4 is 5.73 Å². The summed E-state index contributed by atoms with van der Waals surface area (Å²) in [5.74, 6) is 1.44. The van der Waals surface area contributed by atoms with E-state index in [1.165, 1.54) is 25.7 Å². The van der Waals surface area contributed by atoms with Crippen LogP contribution in [0.2, 0.25) is 0 Å². The lowest BCUT2D eigenvalue weighted by Gasteiger charge is -2.46. The minimum absolute atomic E-state index is 0.331. The van der Waals surface area contributed by atoms with Crippen LogP contribution in [0.4, 0.5) is 0 Å². The number of rotatable bonds is 4. The second-order valence-corrected chi connectivity index (χ2v) is 7.06. The van der Waals surface area contributed by atoms with Crippen molar-refractivity contribution < 1.29 is 4.74 Å². The summed E-state index contributed by atoms with van der Waals surface area (Å²) in [6.45, 7) is 11.1. The first-order valence-corrected chi connectivity index (χ1v) is 7.05. The van der Waals surface area contributed by atoms with E-state index < -0.39 is 0 Å². The number of nitrogens with two attached hydrogens (primary N) is 1. The Hall–Kier alpha value is -0.0800. The first-order chi connectivity index (χ1) is 7.85. The van der Waals surface area contributed by atoms with Gasteiger partial charge in [-0.3, -0.25) is 0 Å². The zero-order chi connectivity index (χ0) is 13.1. The Labute approximate surface area is 107 Å². The van der Waals surface area contributed by atoms with Gasteiger partial charge in [-0.25, -0.2) is 0 Å². The fraction of sp³-hybridized carbons (Fsp3) is 1.00. The molecule has 0 saturated heterocycles. The van der Waals surface area contributed by atoms with Crippen molar-refractivity contribution in [1.29, 1.82) is 0 Å². The van der Waals surface area contributed by atoms with E-state index in [1.807, 2.05) is 0 Å². The number of hydrogen-bond donors (Lipinski definition) is 1. The summed E-state index contributed by atoms with van der Waals surface area (Å²) in [5.41, 5.74) is 6.85. The van der Waals surface area contributed by atoms with E-state index in [9.17, 15) is 0 Å². The van der Waals surface area contributed by atoms with Gasteiger partial charge in [0.15, 0.2) is 0 Å². The molecule has 2 nitrogen and oxygen atoms in total. The molecule has 1 aliphatic carbocycles. The van der Waals surface area contributed by atoms with Gasteiger partial charge >= 0.3 is 0 Å². The van der Waals surface area contributed by atoms with E-state index in [0.717, 1.165) is 19.1 Å². The van der Waals surface area contributed by atoms with Gasteiger partial charge in [0.25, 0.3) is 0 Å². The molecule has 0 aromatic heterocycles. The second-order valence-electron chi connectivity index (χ2n) is 7.06. The molecule has 0 spiro atoms. The van der Waals surface area contributed by atoms with Crippen LogP contribution >= 0.6 is 0 Å². The molecule has 1 atom stereocenters. The third-order valence-corrected chi connectivity index (χ3v) is 5.07. The van der Waals surface area contributed by atoms with Gasteiger partial charge in [-0.15, -0.1) is 0 Å². The van der Waals surface area contributed by atoms with Crippen molar-refractivity contribution in [1.82, 2.24) is 0 Å².